The molecule has 15 heavy (non-hydrogen) atoms. The summed E-state index contributed by atoms with van der Waals surface area (Å²) in [7, 11) is 1.99. The average Bonchev–Trinajstić information content (AvgIpc) is 2.54. The molecule has 0 fully saturated rings. The molecule has 2 aromatic rings. The molecule has 0 radical (unpaired) electrons. The van der Waals surface area contributed by atoms with E-state index in [1.54, 1.807) is 6.20 Å². The van der Waals surface area contributed by atoms with E-state index in [0.717, 1.165) is 16.6 Å². The molecular formula is C11H13N3O. The van der Waals surface area contributed by atoms with Gasteiger partial charge in [0.15, 0.2) is 0 Å². The van der Waals surface area contributed by atoms with Crippen molar-refractivity contribution in [1.29, 1.82) is 0 Å². The minimum atomic E-state index is -0.0154. The van der Waals surface area contributed by atoms with E-state index in [1.165, 1.54) is 6.92 Å². The third-order valence-corrected chi connectivity index (χ3v) is 2.46. The van der Waals surface area contributed by atoms with Crippen molar-refractivity contribution in [3.63, 3.8) is 0 Å². The van der Waals surface area contributed by atoms with E-state index in [-0.39, 0.29) is 5.91 Å². The van der Waals surface area contributed by atoms with Crippen molar-refractivity contribution < 1.29 is 4.79 Å². The molecule has 2 heterocycles. The van der Waals surface area contributed by atoms with Crippen molar-refractivity contribution in [3.05, 3.63) is 30.2 Å². The van der Waals surface area contributed by atoms with Gasteiger partial charge in [-0.3, -0.25) is 9.78 Å². The van der Waals surface area contributed by atoms with Crippen LogP contribution in [0.1, 0.15) is 12.6 Å². The van der Waals surface area contributed by atoms with Crippen LogP contribution in [-0.4, -0.2) is 15.5 Å². The molecule has 2 rings (SSSR count). The van der Waals surface area contributed by atoms with Crippen LogP contribution in [0.3, 0.4) is 0 Å². The normalized spacial score (nSPS) is 10.5. The summed E-state index contributed by atoms with van der Waals surface area (Å²) in [6.45, 7) is 2.07. The molecule has 0 aliphatic rings. The fourth-order valence-electron chi connectivity index (χ4n) is 1.63. The predicted octanol–water partition coefficient (Wildman–Crippen LogP) is 1.21. The highest BCUT2D eigenvalue weighted by atomic mass is 16.1. The maximum absolute atomic E-state index is 10.8. The summed E-state index contributed by atoms with van der Waals surface area (Å²) in [5.74, 6) is -0.0154. The molecule has 0 bridgehead atoms. The fraction of sp³-hybridized carbons (Fsp3) is 0.273. The zero-order valence-corrected chi connectivity index (χ0v) is 8.82. The van der Waals surface area contributed by atoms with E-state index in [9.17, 15) is 4.79 Å². The van der Waals surface area contributed by atoms with Crippen molar-refractivity contribution in [2.45, 2.75) is 13.5 Å². The van der Waals surface area contributed by atoms with E-state index in [1.807, 2.05) is 25.4 Å². The van der Waals surface area contributed by atoms with Crippen LogP contribution in [0, 0.1) is 0 Å². The Balaban J connectivity index is 2.36. The second kappa shape index (κ2) is 3.73. The topological polar surface area (TPSA) is 46.9 Å². The first-order valence-electron chi connectivity index (χ1n) is 4.81. The summed E-state index contributed by atoms with van der Waals surface area (Å²) in [6, 6.07) is 4.00. The maximum Gasteiger partial charge on any atom is 0.217 e. The van der Waals surface area contributed by atoms with Crippen LogP contribution in [0.2, 0.25) is 0 Å². The number of aromatic nitrogens is 2. The summed E-state index contributed by atoms with van der Waals surface area (Å²) < 4.78 is 2.06. The Kier molecular flexibility index (Phi) is 2.41. The van der Waals surface area contributed by atoms with Crippen molar-refractivity contribution in [2.24, 2.45) is 7.05 Å². The van der Waals surface area contributed by atoms with Crippen LogP contribution in [-0.2, 0) is 18.4 Å². The summed E-state index contributed by atoms with van der Waals surface area (Å²) in [6.07, 6.45) is 3.59. The molecule has 4 nitrogen and oxygen atoms in total. The van der Waals surface area contributed by atoms with E-state index >= 15 is 0 Å². The highest BCUT2D eigenvalue weighted by Crippen LogP contribution is 2.16. The summed E-state index contributed by atoms with van der Waals surface area (Å²) in [5.41, 5.74) is 2.21. The van der Waals surface area contributed by atoms with Crippen LogP contribution in [0.15, 0.2) is 24.5 Å². The van der Waals surface area contributed by atoms with Gasteiger partial charge < -0.3 is 9.88 Å². The number of pyridine rings is 1. The van der Waals surface area contributed by atoms with Gasteiger partial charge in [-0.2, -0.15) is 0 Å². The lowest BCUT2D eigenvalue weighted by molar-refractivity contribution is -0.119. The number of nitrogens with zero attached hydrogens (tertiary/aromatic N) is 2. The first-order chi connectivity index (χ1) is 7.18. The Bertz CT molecular complexity index is 502. The van der Waals surface area contributed by atoms with Crippen LogP contribution in [0.4, 0.5) is 0 Å². The van der Waals surface area contributed by atoms with Crippen molar-refractivity contribution in [1.82, 2.24) is 14.9 Å². The number of aryl methyl sites for hydroxylation is 1. The third kappa shape index (κ3) is 1.83. The van der Waals surface area contributed by atoms with E-state index in [4.69, 9.17) is 0 Å². The Labute approximate surface area is 87.9 Å². The summed E-state index contributed by atoms with van der Waals surface area (Å²) in [4.78, 5) is 14.9. The predicted molar refractivity (Wildman–Crippen MR) is 58.2 cm³/mol. The lowest BCUT2D eigenvalue weighted by atomic mass is 10.3. The second-order valence-electron chi connectivity index (χ2n) is 3.54. The maximum atomic E-state index is 10.8. The minimum absolute atomic E-state index is 0.0154. The van der Waals surface area contributed by atoms with Crippen LogP contribution >= 0.6 is 0 Å². The standard InChI is InChI=1S/C11H13N3O/c1-8(15)13-7-10-5-9-6-12-4-3-11(9)14(10)2/h3-6H,7H2,1-2H3,(H,13,15). The minimum Gasteiger partial charge on any atom is -0.351 e. The number of carbonyl (C=O) groups is 1. The number of nitrogens with one attached hydrogen (secondary N) is 1. The van der Waals surface area contributed by atoms with E-state index in [2.05, 4.69) is 14.9 Å². The molecule has 1 amide bonds. The number of amides is 1. The van der Waals surface area contributed by atoms with E-state index in [0.29, 0.717) is 6.54 Å². The van der Waals surface area contributed by atoms with Crippen LogP contribution in [0.25, 0.3) is 10.9 Å². The molecule has 0 unspecified atom stereocenters. The molecule has 0 aliphatic heterocycles. The van der Waals surface area contributed by atoms with Crippen LogP contribution < -0.4 is 5.32 Å². The Hall–Kier alpha value is -1.84. The molecule has 2 aromatic heterocycles. The fourth-order valence-corrected chi connectivity index (χ4v) is 1.63. The highest BCUT2D eigenvalue weighted by molar-refractivity contribution is 5.80. The van der Waals surface area contributed by atoms with Gasteiger partial charge in [0.05, 0.1) is 12.1 Å². The molecule has 0 aromatic carbocycles. The number of carbonyl (C=O) groups excluding carboxylic acids is 1. The summed E-state index contributed by atoms with van der Waals surface area (Å²) in [5, 5.41) is 3.88. The van der Waals surface area contributed by atoms with Gasteiger partial charge in [-0.1, -0.05) is 0 Å². The molecule has 1 N–H and O–H groups in total. The first-order valence-corrected chi connectivity index (χ1v) is 4.81. The van der Waals surface area contributed by atoms with Crippen molar-refractivity contribution in [2.75, 3.05) is 0 Å². The molecule has 0 spiro atoms. The number of rotatable bonds is 2. The molecule has 0 atom stereocenters. The lowest BCUT2D eigenvalue weighted by Gasteiger charge is -2.04. The van der Waals surface area contributed by atoms with Crippen molar-refractivity contribution in [3.8, 4) is 0 Å². The highest BCUT2D eigenvalue weighted by Gasteiger charge is 2.05. The molecule has 0 saturated carbocycles. The Morgan fingerprint density at radius 1 is 1.60 bits per heavy atom. The zero-order valence-electron chi connectivity index (χ0n) is 8.82. The largest absolute Gasteiger partial charge is 0.351 e. The molecule has 4 heteroatoms. The number of fused-ring (bicyclic) bond motifs is 1. The zero-order chi connectivity index (χ0) is 10.8. The van der Waals surface area contributed by atoms with Crippen molar-refractivity contribution >= 4 is 16.8 Å². The Morgan fingerprint density at radius 3 is 3.07 bits per heavy atom. The van der Waals surface area contributed by atoms with Gasteiger partial charge in [0.1, 0.15) is 0 Å². The molecule has 0 saturated heterocycles. The lowest BCUT2D eigenvalue weighted by Crippen LogP contribution is -2.20. The quantitative estimate of drug-likeness (QED) is 0.797. The van der Waals surface area contributed by atoms with Gasteiger partial charge in [-0.05, 0) is 12.1 Å². The van der Waals surface area contributed by atoms with Gasteiger partial charge in [0.2, 0.25) is 5.91 Å². The molecular weight excluding hydrogens is 190 g/mol. The van der Waals surface area contributed by atoms with E-state index < -0.39 is 0 Å². The SMILES string of the molecule is CC(=O)NCc1cc2cnccc2n1C. The summed E-state index contributed by atoms with van der Waals surface area (Å²) >= 11 is 0. The number of hydrogen-bond acceptors (Lipinski definition) is 2. The van der Waals surface area contributed by atoms with Gasteiger partial charge >= 0.3 is 0 Å². The van der Waals surface area contributed by atoms with Gasteiger partial charge in [-0.15, -0.1) is 0 Å². The smallest absolute Gasteiger partial charge is 0.217 e. The monoisotopic (exact) mass is 203 g/mol. The van der Waals surface area contributed by atoms with Gasteiger partial charge in [0.25, 0.3) is 0 Å². The average molecular weight is 203 g/mol. The van der Waals surface area contributed by atoms with Gasteiger partial charge in [0, 0.05) is 37.4 Å². The first kappa shape index (κ1) is 9.71. The second-order valence-corrected chi connectivity index (χ2v) is 3.54. The molecule has 78 valence electrons. The third-order valence-electron chi connectivity index (χ3n) is 2.46. The van der Waals surface area contributed by atoms with Crippen LogP contribution in [0.5, 0.6) is 0 Å². The Morgan fingerprint density at radius 2 is 2.40 bits per heavy atom. The molecule has 0 aliphatic carbocycles. The number of hydrogen-bond donors (Lipinski definition) is 1. The van der Waals surface area contributed by atoms with Gasteiger partial charge in [-0.25, -0.2) is 0 Å².